The Balaban J connectivity index is 1.80. The smallest absolute Gasteiger partial charge is 0.115 e. The maximum absolute atomic E-state index is 9.70. The summed E-state index contributed by atoms with van der Waals surface area (Å²) in [6, 6.07) is 21.9. The molecule has 4 rings (SSSR count). The number of benzodiazepines with no additional fused rings is 1. The first-order valence-electron chi connectivity index (χ1n) is 9.43. The van der Waals surface area contributed by atoms with Crippen LogP contribution in [0, 0.1) is 6.92 Å². The van der Waals surface area contributed by atoms with Crippen LogP contribution in [0.1, 0.15) is 22.3 Å². The van der Waals surface area contributed by atoms with E-state index < -0.39 is 0 Å². The lowest BCUT2D eigenvalue weighted by molar-refractivity contribution is 0.475. The van der Waals surface area contributed by atoms with Crippen molar-refractivity contribution in [1.29, 1.82) is 0 Å². The number of nitrogens with zero attached hydrogens (tertiary/aromatic N) is 2. The number of rotatable bonds is 3. The number of aromatic hydroxyl groups is 1. The first-order valence-corrected chi connectivity index (χ1v) is 9.81. The number of halogens is 1. The van der Waals surface area contributed by atoms with Gasteiger partial charge in [0.2, 0.25) is 0 Å². The molecule has 0 spiro atoms. The van der Waals surface area contributed by atoms with Gasteiger partial charge < -0.3 is 10.0 Å². The normalized spacial score (nSPS) is 16.3. The minimum absolute atomic E-state index is 0.113. The van der Waals surface area contributed by atoms with Gasteiger partial charge in [-0.15, -0.1) is 0 Å². The third-order valence-electron chi connectivity index (χ3n) is 5.12. The lowest BCUT2D eigenvalue weighted by atomic mass is 10.00. The van der Waals surface area contributed by atoms with Crippen LogP contribution in [-0.2, 0) is 6.42 Å². The van der Waals surface area contributed by atoms with E-state index in [2.05, 4.69) is 49.2 Å². The summed E-state index contributed by atoms with van der Waals surface area (Å²) in [5, 5.41) is 10.4. The third-order valence-corrected chi connectivity index (χ3v) is 5.35. The molecule has 1 N–H and O–H groups in total. The number of phenols is 1. The fourth-order valence-electron chi connectivity index (χ4n) is 3.81. The van der Waals surface area contributed by atoms with Crippen LogP contribution in [-0.4, -0.2) is 30.5 Å². The summed E-state index contributed by atoms with van der Waals surface area (Å²) in [7, 11) is 2.10. The van der Waals surface area contributed by atoms with Crippen LogP contribution in [0.4, 0.5) is 5.69 Å². The molecule has 3 aromatic carbocycles. The highest BCUT2D eigenvalue weighted by atomic mass is 35.5. The van der Waals surface area contributed by atoms with Gasteiger partial charge in [0.15, 0.2) is 0 Å². The molecule has 1 unspecified atom stereocenters. The zero-order valence-electron chi connectivity index (χ0n) is 16.1. The maximum atomic E-state index is 9.70. The van der Waals surface area contributed by atoms with Crippen LogP contribution in [0.15, 0.2) is 71.7 Å². The Kier molecular flexibility index (Phi) is 5.10. The van der Waals surface area contributed by atoms with Gasteiger partial charge in [0, 0.05) is 35.4 Å². The fraction of sp³-hybridized carbons (Fsp3) is 0.208. The average Bonchev–Trinajstić information content (AvgIpc) is 2.79. The molecule has 0 amide bonds. The monoisotopic (exact) mass is 390 g/mol. The topological polar surface area (TPSA) is 35.8 Å². The van der Waals surface area contributed by atoms with Gasteiger partial charge in [-0.3, -0.25) is 4.99 Å². The first kappa shape index (κ1) is 18.6. The number of likely N-dealkylation sites (N-methyl/N-ethyl adjacent to an activating group) is 1. The molecule has 0 saturated carbocycles. The van der Waals surface area contributed by atoms with Crippen molar-refractivity contribution in [1.82, 2.24) is 0 Å². The van der Waals surface area contributed by atoms with Crippen LogP contribution in [0.25, 0.3) is 0 Å². The average molecular weight is 391 g/mol. The Morgan fingerprint density at radius 1 is 1.07 bits per heavy atom. The number of hydrogen-bond donors (Lipinski definition) is 1. The van der Waals surface area contributed by atoms with Gasteiger partial charge in [0.1, 0.15) is 5.75 Å². The van der Waals surface area contributed by atoms with E-state index in [1.165, 1.54) is 11.1 Å². The minimum Gasteiger partial charge on any atom is -0.508 e. The standard InChI is InChI=1S/C24H23ClN2O/c1-16-4-3-5-17(12-16)13-20-15-27(2)23-11-8-19(25)14-22(23)24(26-20)18-6-9-21(28)10-7-18/h3-12,14,20,28H,13,15H2,1-2H3. The van der Waals surface area contributed by atoms with Crippen LogP contribution >= 0.6 is 11.6 Å². The van der Waals surface area contributed by atoms with Gasteiger partial charge in [-0.05, 0) is 61.4 Å². The Hall–Kier alpha value is -2.78. The number of phenolic OH excluding ortho intramolecular Hbond substituents is 1. The predicted octanol–water partition coefficient (Wildman–Crippen LogP) is 5.25. The summed E-state index contributed by atoms with van der Waals surface area (Å²) in [5.41, 5.74) is 6.58. The molecule has 1 heterocycles. The molecule has 0 radical (unpaired) electrons. The van der Waals surface area contributed by atoms with Crippen molar-refractivity contribution in [2.75, 3.05) is 18.5 Å². The highest BCUT2D eigenvalue weighted by molar-refractivity contribution is 6.31. The summed E-state index contributed by atoms with van der Waals surface area (Å²) in [4.78, 5) is 7.42. The molecule has 0 aromatic heterocycles. The summed E-state index contributed by atoms with van der Waals surface area (Å²) in [6.07, 6.45) is 0.870. The highest BCUT2D eigenvalue weighted by Gasteiger charge is 2.23. The largest absolute Gasteiger partial charge is 0.508 e. The maximum Gasteiger partial charge on any atom is 0.115 e. The number of anilines is 1. The molecule has 0 saturated heterocycles. The second-order valence-electron chi connectivity index (χ2n) is 7.41. The number of fused-ring (bicyclic) bond motifs is 1. The van der Waals surface area contributed by atoms with Crippen LogP contribution in [0.3, 0.4) is 0 Å². The third kappa shape index (κ3) is 3.90. The van der Waals surface area contributed by atoms with E-state index in [4.69, 9.17) is 16.6 Å². The van der Waals surface area contributed by atoms with Crippen molar-refractivity contribution in [3.05, 3.63) is 94.0 Å². The van der Waals surface area contributed by atoms with E-state index in [-0.39, 0.29) is 11.8 Å². The zero-order valence-corrected chi connectivity index (χ0v) is 16.8. The van der Waals surface area contributed by atoms with Crippen LogP contribution in [0.5, 0.6) is 5.75 Å². The molecule has 3 aromatic rings. The number of hydrogen-bond acceptors (Lipinski definition) is 3. The van der Waals surface area contributed by atoms with E-state index in [1.54, 1.807) is 12.1 Å². The molecule has 1 atom stereocenters. The molecule has 1 aliphatic heterocycles. The van der Waals surface area contributed by atoms with Crippen LogP contribution in [0.2, 0.25) is 5.02 Å². The van der Waals surface area contributed by atoms with Crippen molar-refractivity contribution >= 4 is 23.0 Å². The Morgan fingerprint density at radius 3 is 2.61 bits per heavy atom. The van der Waals surface area contributed by atoms with Gasteiger partial charge in [-0.1, -0.05) is 41.4 Å². The minimum atomic E-state index is 0.113. The van der Waals surface area contributed by atoms with Crippen molar-refractivity contribution in [3.63, 3.8) is 0 Å². The van der Waals surface area contributed by atoms with Gasteiger partial charge >= 0.3 is 0 Å². The van der Waals surface area contributed by atoms with Crippen molar-refractivity contribution in [2.45, 2.75) is 19.4 Å². The summed E-state index contributed by atoms with van der Waals surface area (Å²) < 4.78 is 0. The molecule has 3 nitrogen and oxygen atoms in total. The molecule has 4 heteroatoms. The molecule has 28 heavy (non-hydrogen) atoms. The molecule has 142 valence electrons. The van der Waals surface area contributed by atoms with Crippen LogP contribution < -0.4 is 4.90 Å². The molecular weight excluding hydrogens is 368 g/mol. The van der Waals surface area contributed by atoms with Gasteiger partial charge in [0.05, 0.1) is 11.8 Å². The number of benzene rings is 3. The summed E-state index contributed by atoms with van der Waals surface area (Å²) in [6.45, 7) is 2.94. The number of aliphatic imine (C=N–C) groups is 1. The highest BCUT2D eigenvalue weighted by Crippen LogP contribution is 2.30. The molecule has 0 bridgehead atoms. The van der Waals surface area contributed by atoms with E-state index >= 15 is 0 Å². The van der Waals surface area contributed by atoms with E-state index in [9.17, 15) is 5.11 Å². The lowest BCUT2D eigenvalue weighted by Gasteiger charge is -2.22. The summed E-state index contributed by atoms with van der Waals surface area (Å²) >= 11 is 6.33. The van der Waals surface area contributed by atoms with Gasteiger partial charge in [-0.25, -0.2) is 0 Å². The fourth-order valence-corrected chi connectivity index (χ4v) is 3.98. The zero-order chi connectivity index (χ0) is 19.7. The van der Waals surface area contributed by atoms with Crippen molar-refractivity contribution in [2.24, 2.45) is 4.99 Å². The van der Waals surface area contributed by atoms with Crippen molar-refractivity contribution < 1.29 is 5.11 Å². The quantitative estimate of drug-likeness (QED) is 0.662. The van der Waals surface area contributed by atoms with Gasteiger partial charge in [-0.2, -0.15) is 0 Å². The van der Waals surface area contributed by atoms with E-state index in [0.717, 1.165) is 35.5 Å². The van der Waals surface area contributed by atoms with E-state index in [0.29, 0.717) is 5.02 Å². The Labute approximate surface area is 170 Å². The predicted molar refractivity (Wildman–Crippen MR) is 117 cm³/mol. The summed E-state index contributed by atoms with van der Waals surface area (Å²) in [5.74, 6) is 0.248. The Bertz CT molecular complexity index is 1030. The SMILES string of the molecule is Cc1cccc(CC2CN(C)c3ccc(Cl)cc3C(c3ccc(O)cc3)=N2)c1. The van der Waals surface area contributed by atoms with Crippen molar-refractivity contribution in [3.8, 4) is 5.75 Å². The molecular formula is C24H23ClN2O. The second-order valence-corrected chi connectivity index (χ2v) is 7.85. The Morgan fingerprint density at radius 2 is 1.86 bits per heavy atom. The van der Waals surface area contributed by atoms with E-state index in [1.807, 2.05) is 24.3 Å². The first-order chi connectivity index (χ1) is 13.5. The molecule has 0 fully saturated rings. The molecule has 1 aliphatic rings. The van der Waals surface area contributed by atoms with Gasteiger partial charge in [0.25, 0.3) is 0 Å². The molecule has 0 aliphatic carbocycles. The number of aryl methyl sites for hydroxylation is 1. The lowest BCUT2D eigenvalue weighted by Crippen LogP contribution is -2.28. The second kappa shape index (κ2) is 7.69.